The molecule has 2 aliphatic heterocycles. The number of hydrogen-bond donors (Lipinski definition) is 1. The summed E-state index contributed by atoms with van der Waals surface area (Å²) in [7, 11) is 0. The van der Waals surface area contributed by atoms with Gasteiger partial charge in [-0.1, -0.05) is 31.9 Å². The number of unbranched alkanes of at least 4 members (excludes halogenated alkanes) is 2. The number of aromatic nitrogens is 1. The molecule has 9 heteroatoms. The highest BCUT2D eigenvalue weighted by Crippen LogP contribution is 2.43. The second-order valence-corrected chi connectivity index (χ2v) is 9.84. The van der Waals surface area contributed by atoms with Crippen LogP contribution in [0.1, 0.15) is 55.8 Å². The van der Waals surface area contributed by atoms with Crippen molar-refractivity contribution in [2.75, 3.05) is 26.4 Å². The van der Waals surface area contributed by atoms with Crippen LogP contribution in [0.4, 0.5) is 0 Å². The Morgan fingerprint density at radius 1 is 1.00 bits per heavy atom. The van der Waals surface area contributed by atoms with Crippen molar-refractivity contribution in [2.45, 2.75) is 45.7 Å². The number of pyridine rings is 1. The van der Waals surface area contributed by atoms with E-state index in [-0.39, 0.29) is 17.9 Å². The van der Waals surface area contributed by atoms with E-state index < -0.39 is 17.7 Å². The Kier molecular flexibility index (Phi) is 8.72. The van der Waals surface area contributed by atoms with Crippen LogP contribution in [0.25, 0.3) is 5.76 Å². The largest absolute Gasteiger partial charge is 0.507 e. The maximum atomic E-state index is 13.5. The van der Waals surface area contributed by atoms with Crippen LogP contribution in [0.5, 0.6) is 23.0 Å². The van der Waals surface area contributed by atoms with Gasteiger partial charge < -0.3 is 29.0 Å². The lowest BCUT2D eigenvalue weighted by molar-refractivity contribution is -0.140. The van der Waals surface area contributed by atoms with Crippen molar-refractivity contribution >= 4 is 17.4 Å². The van der Waals surface area contributed by atoms with Gasteiger partial charge in [0.2, 0.25) is 0 Å². The number of likely N-dealkylation sites (tertiary alicyclic amines) is 1. The summed E-state index contributed by atoms with van der Waals surface area (Å²) in [6, 6.07) is 13.1. The highest BCUT2D eigenvalue weighted by atomic mass is 16.6. The first-order chi connectivity index (χ1) is 20.0. The fourth-order valence-electron chi connectivity index (χ4n) is 5.04. The van der Waals surface area contributed by atoms with E-state index in [0.29, 0.717) is 60.6 Å². The Balaban J connectivity index is 1.59. The summed E-state index contributed by atoms with van der Waals surface area (Å²) >= 11 is 0. The van der Waals surface area contributed by atoms with Crippen LogP contribution in [-0.2, 0) is 16.1 Å². The third kappa shape index (κ3) is 5.99. The number of ether oxygens (including phenoxy) is 4. The first-order valence-electron chi connectivity index (χ1n) is 14.0. The second kappa shape index (κ2) is 12.8. The quantitative estimate of drug-likeness (QED) is 0.143. The van der Waals surface area contributed by atoms with Crippen molar-refractivity contribution in [2.24, 2.45) is 0 Å². The minimum atomic E-state index is -0.878. The number of fused-ring (bicyclic) bond motifs is 1. The SMILES string of the molecule is CCCCCOc1ccc(C2C(=C(O)c3ccc4c(c3)OCCO4)C(=O)C(=O)N2Cc2cccnc2)cc1OCC. The predicted molar refractivity (Wildman–Crippen MR) is 152 cm³/mol. The lowest BCUT2D eigenvalue weighted by Crippen LogP contribution is -2.29. The molecule has 1 amide bonds. The van der Waals surface area contributed by atoms with Gasteiger partial charge in [0.25, 0.3) is 11.7 Å². The number of Topliss-reactive ketones (excluding diaryl/α,β-unsaturated/α-hetero) is 1. The normalized spacial score (nSPS) is 17.5. The molecule has 1 unspecified atom stereocenters. The molecule has 41 heavy (non-hydrogen) atoms. The number of benzene rings is 2. The average molecular weight is 559 g/mol. The number of aliphatic hydroxyl groups excluding tert-OH is 1. The molecule has 1 saturated heterocycles. The monoisotopic (exact) mass is 558 g/mol. The summed E-state index contributed by atoms with van der Waals surface area (Å²) in [4.78, 5) is 32.6. The van der Waals surface area contributed by atoms with Crippen LogP contribution in [0, 0.1) is 0 Å². The van der Waals surface area contributed by atoms with E-state index in [1.807, 2.05) is 19.1 Å². The summed E-state index contributed by atoms with van der Waals surface area (Å²) in [6.45, 7) is 5.90. The Hall–Kier alpha value is -4.53. The topological polar surface area (TPSA) is 107 Å². The molecular weight excluding hydrogens is 524 g/mol. The maximum absolute atomic E-state index is 13.5. The average Bonchev–Trinajstić information content (AvgIpc) is 3.25. The third-order valence-corrected chi connectivity index (χ3v) is 7.02. The molecule has 0 spiro atoms. The number of carbonyl (C=O) groups excluding carboxylic acids is 2. The highest BCUT2D eigenvalue weighted by Gasteiger charge is 2.46. The van der Waals surface area contributed by atoms with Gasteiger partial charge in [-0.05, 0) is 60.9 Å². The standard InChI is InChI=1S/C32H34N2O7/c1-3-5-6-14-39-24-11-9-22(17-26(24)38-4-2)29-28(30(35)23-10-12-25-27(18-23)41-16-15-40-25)31(36)32(37)34(29)20-21-8-7-13-33-19-21/h7-13,17-19,29,35H,3-6,14-16,20H2,1-2H3. The Morgan fingerprint density at radius 3 is 2.59 bits per heavy atom. The van der Waals surface area contributed by atoms with Crippen LogP contribution < -0.4 is 18.9 Å². The van der Waals surface area contributed by atoms with E-state index in [0.717, 1.165) is 24.8 Å². The van der Waals surface area contributed by atoms with Crippen molar-refractivity contribution in [3.05, 3.63) is 83.2 Å². The Morgan fingerprint density at radius 2 is 1.83 bits per heavy atom. The number of nitrogens with zero attached hydrogens (tertiary/aromatic N) is 2. The molecule has 0 radical (unpaired) electrons. The van der Waals surface area contributed by atoms with Crippen LogP contribution >= 0.6 is 0 Å². The van der Waals surface area contributed by atoms with E-state index >= 15 is 0 Å². The molecule has 9 nitrogen and oxygen atoms in total. The summed E-state index contributed by atoms with van der Waals surface area (Å²) < 4.78 is 23.2. The molecule has 3 aromatic rings. The summed E-state index contributed by atoms with van der Waals surface area (Å²) in [5, 5.41) is 11.5. The zero-order valence-corrected chi connectivity index (χ0v) is 23.3. The molecule has 3 heterocycles. The summed E-state index contributed by atoms with van der Waals surface area (Å²) in [6.07, 6.45) is 6.36. The van der Waals surface area contributed by atoms with Crippen molar-refractivity contribution in [1.29, 1.82) is 0 Å². The molecule has 2 aromatic carbocycles. The first-order valence-corrected chi connectivity index (χ1v) is 14.0. The van der Waals surface area contributed by atoms with E-state index in [1.165, 1.54) is 4.90 Å². The molecule has 1 aromatic heterocycles. The molecule has 0 saturated carbocycles. The number of aliphatic hydroxyl groups is 1. The van der Waals surface area contributed by atoms with Crippen LogP contribution in [-0.4, -0.2) is 53.1 Å². The van der Waals surface area contributed by atoms with Gasteiger partial charge in [0.15, 0.2) is 23.0 Å². The zero-order valence-electron chi connectivity index (χ0n) is 23.3. The van der Waals surface area contributed by atoms with Gasteiger partial charge >= 0.3 is 0 Å². The number of carbonyl (C=O) groups is 2. The first kappa shape index (κ1) is 28.0. The number of amides is 1. The van der Waals surface area contributed by atoms with Crippen molar-refractivity contribution in [1.82, 2.24) is 9.88 Å². The molecule has 5 rings (SSSR count). The predicted octanol–water partition coefficient (Wildman–Crippen LogP) is 5.44. The van der Waals surface area contributed by atoms with Crippen molar-refractivity contribution < 1.29 is 33.6 Å². The van der Waals surface area contributed by atoms with E-state index in [4.69, 9.17) is 18.9 Å². The number of rotatable bonds is 11. The number of ketones is 1. The Labute approximate surface area is 239 Å². The molecule has 1 atom stereocenters. The zero-order chi connectivity index (χ0) is 28.8. The lowest BCUT2D eigenvalue weighted by atomic mass is 9.94. The smallest absolute Gasteiger partial charge is 0.295 e. The van der Waals surface area contributed by atoms with Gasteiger partial charge in [-0.2, -0.15) is 0 Å². The molecule has 0 bridgehead atoms. The van der Waals surface area contributed by atoms with Crippen molar-refractivity contribution in [3.8, 4) is 23.0 Å². The number of hydrogen-bond acceptors (Lipinski definition) is 8. The molecule has 0 aliphatic carbocycles. The van der Waals surface area contributed by atoms with Crippen LogP contribution in [0.3, 0.4) is 0 Å². The van der Waals surface area contributed by atoms with Crippen molar-refractivity contribution in [3.63, 3.8) is 0 Å². The molecule has 1 N–H and O–H groups in total. The van der Waals surface area contributed by atoms with E-state index in [2.05, 4.69) is 11.9 Å². The minimum absolute atomic E-state index is 0.0189. The summed E-state index contributed by atoms with van der Waals surface area (Å²) in [5.74, 6) is 0.328. The Bertz CT molecular complexity index is 1440. The molecular formula is C32H34N2O7. The lowest BCUT2D eigenvalue weighted by Gasteiger charge is -2.26. The molecule has 214 valence electrons. The van der Waals surface area contributed by atoms with Gasteiger partial charge in [-0.15, -0.1) is 0 Å². The summed E-state index contributed by atoms with van der Waals surface area (Å²) in [5.41, 5.74) is 1.69. The van der Waals surface area contributed by atoms with Gasteiger partial charge in [-0.25, -0.2) is 0 Å². The van der Waals surface area contributed by atoms with Gasteiger partial charge in [0.05, 0.1) is 24.8 Å². The minimum Gasteiger partial charge on any atom is -0.507 e. The van der Waals surface area contributed by atoms with Gasteiger partial charge in [0, 0.05) is 24.5 Å². The second-order valence-electron chi connectivity index (χ2n) is 9.84. The molecule has 1 fully saturated rings. The van der Waals surface area contributed by atoms with Crippen LogP contribution in [0.2, 0.25) is 0 Å². The van der Waals surface area contributed by atoms with Crippen LogP contribution in [0.15, 0.2) is 66.5 Å². The highest BCUT2D eigenvalue weighted by molar-refractivity contribution is 6.46. The molecule has 2 aliphatic rings. The fraction of sp³-hybridized carbons (Fsp3) is 0.344. The van der Waals surface area contributed by atoms with E-state index in [9.17, 15) is 14.7 Å². The maximum Gasteiger partial charge on any atom is 0.295 e. The fourth-order valence-corrected chi connectivity index (χ4v) is 5.04. The van der Waals surface area contributed by atoms with Gasteiger partial charge in [0.1, 0.15) is 19.0 Å². The van der Waals surface area contributed by atoms with E-state index in [1.54, 1.807) is 48.8 Å². The third-order valence-electron chi connectivity index (χ3n) is 7.02. The van der Waals surface area contributed by atoms with Gasteiger partial charge in [-0.3, -0.25) is 14.6 Å².